The topological polar surface area (TPSA) is 102 Å². The molecular weight excluding hydrogens is 474 g/mol. The highest BCUT2D eigenvalue weighted by Gasteiger charge is 2.30. The van der Waals surface area contributed by atoms with Crippen LogP contribution >= 0.6 is 27.5 Å². The molecule has 7 nitrogen and oxygen atoms in total. The van der Waals surface area contributed by atoms with Gasteiger partial charge >= 0.3 is 5.97 Å². The van der Waals surface area contributed by atoms with E-state index in [4.69, 9.17) is 21.1 Å². The van der Waals surface area contributed by atoms with E-state index in [1.807, 2.05) is 0 Å². The average molecular weight is 493 g/mol. The molecule has 2 aromatic rings. The molecule has 0 aromatic heterocycles. The minimum absolute atomic E-state index is 0.0733. The molecular formula is C18H19BrClNO6S. The van der Waals surface area contributed by atoms with Crippen LogP contribution in [0.25, 0.3) is 0 Å². The van der Waals surface area contributed by atoms with Gasteiger partial charge in [0.15, 0.2) is 0 Å². The molecule has 2 atom stereocenters. The lowest BCUT2D eigenvalue weighted by molar-refractivity contribution is -0.149. The van der Waals surface area contributed by atoms with Gasteiger partial charge in [0.05, 0.1) is 11.0 Å². The van der Waals surface area contributed by atoms with Crippen LogP contribution < -0.4 is 9.46 Å². The van der Waals surface area contributed by atoms with Crippen molar-refractivity contribution in [3.8, 4) is 5.75 Å². The number of hydrogen-bond acceptors (Lipinski definition) is 6. The van der Waals surface area contributed by atoms with Crippen LogP contribution in [0.2, 0.25) is 5.02 Å². The number of esters is 1. The van der Waals surface area contributed by atoms with Gasteiger partial charge in [-0.25, -0.2) is 8.42 Å². The Bertz CT molecular complexity index is 887. The first-order valence-electron chi connectivity index (χ1n) is 8.20. The number of carbonyl (C=O) groups excluding carboxylic acids is 1. The maximum Gasteiger partial charge on any atom is 0.326 e. The maximum atomic E-state index is 12.4. The van der Waals surface area contributed by atoms with Crippen LogP contribution in [-0.4, -0.2) is 44.9 Å². The first-order chi connectivity index (χ1) is 13.2. The van der Waals surface area contributed by atoms with Gasteiger partial charge in [-0.1, -0.05) is 27.5 Å². The number of sulfonamides is 1. The lowest BCUT2D eigenvalue weighted by atomic mass is 10.2. The molecule has 10 heteroatoms. The summed E-state index contributed by atoms with van der Waals surface area (Å²) in [4.78, 5) is 12.1. The number of halogens is 2. The summed E-state index contributed by atoms with van der Waals surface area (Å²) in [7, 11) is -4.05. The third-order valence-corrected chi connectivity index (χ3v) is 5.79. The van der Waals surface area contributed by atoms with Gasteiger partial charge in [0.25, 0.3) is 0 Å². The van der Waals surface area contributed by atoms with E-state index in [-0.39, 0.29) is 18.1 Å². The van der Waals surface area contributed by atoms with Crippen LogP contribution in [0.1, 0.15) is 6.92 Å². The molecule has 0 fully saturated rings. The summed E-state index contributed by atoms with van der Waals surface area (Å²) in [5, 5.41) is 10.2. The van der Waals surface area contributed by atoms with E-state index in [0.717, 1.165) is 4.47 Å². The van der Waals surface area contributed by atoms with Crippen molar-refractivity contribution >= 4 is 43.5 Å². The molecule has 28 heavy (non-hydrogen) atoms. The normalized spacial score (nSPS) is 13.6. The zero-order valence-electron chi connectivity index (χ0n) is 14.8. The van der Waals surface area contributed by atoms with Gasteiger partial charge < -0.3 is 14.6 Å². The quantitative estimate of drug-likeness (QED) is 0.412. The van der Waals surface area contributed by atoms with Crippen molar-refractivity contribution in [2.45, 2.75) is 24.0 Å². The predicted octanol–water partition coefficient (Wildman–Crippen LogP) is 2.75. The van der Waals surface area contributed by atoms with Gasteiger partial charge in [-0.2, -0.15) is 4.72 Å². The molecule has 0 radical (unpaired) electrons. The molecule has 2 rings (SSSR count). The van der Waals surface area contributed by atoms with Gasteiger partial charge in [-0.3, -0.25) is 4.79 Å². The minimum Gasteiger partial charge on any atom is -0.490 e. The summed E-state index contributed by atoms with van der Waals surface area (Å²) >= 11 is 9.06. The summed E-state index contributed by atoms with van der Waals surface area (Å²) in [6, 6.07) is 11.0. The summed E-state index contributed by atoms with van der Waals surface area (Å²) < 4.78 is 38.3. The van der Waals surface area contributed by atoms with Crippen molar-refractivity contribution in [3.63, 3.8) is 0 Å². The number of hydrogen-bond donors (Lipinski definition) is 2. The number of rotatable bonds is 9. The van der Waals surface area contributed by atoms with Crippen molar-refractivity contribution < 1.29 is 27.8 Å². The molecule has 0 unspecified atom stereocenters. The Morgan fingerprint density at radius 1 is 1.14 bits per heavy atom. The third kappa shape index (κ3) is 6.75. The van der Waals surface area contributed by atoms with Gasteiger partial charge in [0.1, 0.15) is 25.0 Å². The first-order valence-corrected chi connectivity index (χ1v) is 10.9. The van der Waals surface area contributed by atoms with E-state index in [1.165, 1.54) is 31.2 Å². The van der Waals surface area contributed by atoms with Crippen LogP contribution in [0.4, 0.5) is 0 Å². The van der Waals surface area contributed by atoms with E-state index in [9.17, 15) is 18.3 Å². The molecule has 0 aliphatic rings. The predicted molar refractivity (Wildman–Crippen MR) is 108 cm³/mol. The molecule has 0 amide bonds. The van der Waals surface area contributed by atoms with Crippen molar-refractivity contribution in [2.75, 3.05) is 13.2 Å². The SMILES string of the molecule is C[C@H](O)[C@@H](NS(=O)(=O)c1ccc(Cl)cc1)C(=O)OCCOc1ccc(Br)cc1. The van der Waals surface area contributed by atoms with Crippen molar-refractivity contribution in [1.29, 1.82) is 0 Å². The molecule has 0 saturated carbocycles. The fourth-order valence-electron chi connectivity index (χ4n) is 2.11. The fourth-order valence-corrected chi connectivity index (χ4v) is 3.76. The Morgan fingerprint density at radius 3 is 2.32 bits per heavy atom. The second kappa shape index (κ2) is 10.2. The lowest BCUT2D eigenvalue weighted by Crippen LogP contribution is -2.48. The number of aliphatic hydroxyl groups excluding tert-OH is 1. The van der Waals surface area contributed by atoms with E-state index in [1.54, 1.807) is 24.3 Å². The van der Waals surface area contributed by atoms with E-state index >= 15 is 0 Å². The molecule has 2 aromatic carbocycles. The summed E-state index contributed by atoms with van der Waals surface area (Å²) in [6.45, 7) is 1.25. The molecule has 152 valence electrons. The van der Waals surface area contributed by atoms with Crippen molar-refractivity contribution in [2.24, 2.45) is 0 Å². The Morgan fingerprint density at radius 2 is 1.75 bits per heavy atom. The van der Waals surface area contributed by atoms with Gasteiger partial charge in [-0.05, 0) is 55.5 Å². The second-order valence-electron chi connectivity index (χ2n) is 5.76. The summed E-state index contributed by atoms with van der Waals surface area (Å²) in [5.41, 5.74) is 0. The van der Waals surface area contributed by atoms with Gasteiger partial charge in [0, 0.05) is 9.50 Å². The monoisotopic (exact) mass is 491 g/mol. The molecule has 0 aliphatic heterocycles. The van der Waals surface area contributed by atoms with Crippen LogP contribution in [0, 0.1) is 0 Å². The van der Waals surface area contributed by atoms with Gasteiger partial charge in [-0.15, -0.1) is 0 Å². The zero-order chi connectivity index (χ0) is 20.7. The summed E-state index contributed by atoms with van der Waals surface area (Å²) in [5.74, 6) is -0.318. The van der Waals surface area contributed by atoms with Crippen LogP contribution in [0.5, 0.6) is 5.75 Å². The molecule has 0 aliphatic carbocycles. The Kier molecular flexibility index (Phi) is 8.26. The number of carbonyl (C=O) groups is 1. The van der Waals surface area contributed by atoms with Crippen LogP contribution in [-0.2, 0) is 19.6 Å². The number of benzene rings is 2. The minimum atomic E-state index is -4.05. The largest absolute Gasteiger partial charge is 0.490 e. The van der Waals surface area contributed by atoms with Crippen molar-refractivity contribution in [1.82, 2.24) is 4.72 Å². The fraction of sp³-hybridized carbons (Fsp3) is 0.278. The Balaban J connectivity index is 1.92. The van der Waals surface area contributed by atoms with E-state index < -0.39 is 28.1 Å². The molecule has 0 heterocycles. The third-order valence-electron chi connectivity index (χ3n) is 3.55. The number of ether oxygens (including phenoxy) is 2. The number of aliphatic hydroxyl groups is 1. The van der Waals surface area contributed by atoms with E-state index in [0.29, 0.717) is 10.8 Å². The molecule has 0 bridgehead atoms. The average Bonchev–Trinajstić information content (AvgIpc) is 2.64. The first kappa shape index (κ1) is 22.6. The molecule has 2 N–H and O–H groups in total. The summed E-state index contributed by atoms with van der Waals surface area (Å²) in [6.07, 6.45) is -1.30. The Labute approximate surface area is 176 Å². The number of nitrogens with one attached hydrogen (secondary N) is 1. The smallest absolute Gasteiger partial charge is 0.326 e. The van der Waals surface area contributed by atoms with Crippen LogP contribution in [0.3, 0.4) is 0 Å². The lowest BCUT2D eigenvalue weighted by Gasteiger charge is -2.20. The molecule has 0 saturated heterocycles. The second-order valence-corrected chi connectivity index (χ2v) is 8.83. The highest BCUT2D eigenvalue weighted by molar-refractivity contribution is 9.10. The highest BCUT2D eigenvalue weighted by Crippen LogP contribution is 2.16. The standard InChI is InChI=1S/C18H19BrClNO6S/c1-12(22)17(21-28(24,25)16-8-4-14(20)5-9-16)18(23)27-11-10-26-15-6-2-13(19)3-7-15/h2-9,12,17,21-22H,10-11H2,1H3/t12-,17+/m0/s1. The van der Waals surface area contributed by atoms with Crippen molar-refractivity contribution in [3.05, 3.63) is 58.0 Å². The Hall–Kier alpha value is -1.65. The van der Waals surface area contributed by atoms with E-state index in [2.05, 4.69) is 20.7 Å². The zero-order valence-corrected chi connectivity index (χ0v) is 18.0. The molecule has 0 spiro atoms. The van der Waals surface area contributed by atoms with Crippen LogP contribution in [0.15, 0.2) is 57.9 Å². The maximum absolute atomic E-state index is 12.4. The van der Waals surface area contributed by atoms with Gasteiger partial charge in [0.2, 0.25) is 10.0 Å². The highest BCUT2D eigenvalue weighted by atomic mass is 79.9.